The van der Waals surface area contributed by atoms with Crippen molar-refractivity contribution in [2.45, 2.75) is 320 Å². The molecule has 9 nitrogen and oxygen atoms in total. The van der Waals surface area contributed by atoms with Gasteiger partial charge in [-0.3, -0.25) is 4.79 Å². The Bertz CT molecular complexity index is 939. The average Bonchev–Trinajstić information content (AvgIpc) is 3.27. The third-order valence-corrected chi connectivity index (χ3v) is 13.5. The number of ether oxygens (including phenoxy) is 2. The van der Waals surface area contributed by atoms with Gasteiger partial charge < -0.3 is 40.3 Å². The Kier molecular flexibility index (Phi) is 42.1. The first-order valence-electron chi connectivity index (χ1n) is 27.2. The molecule has 1 rings (SSSR count). The van der Waals surface area contributed by atoms with Crippen molar-refractivity contribution in [3.63, 3.8) is 0 Å². The molecule has 1 aliphatic heterocycles. The zero-order valence-electron chi connectivity index (χ0n) is 40.9. The summed E-state index contributed by atoms with van der Waals surface area (Å²) in [5.41, 5.74) is 0. The molecule has 9 heteroatoms. The minimum absolute atomic E-state index is 0.131. The highest BCUT2D eigenvalue weighted by atomic mass is 16.7. The fraction of sp³-hybridized carbons (Fsp3) is 0.981. The van der Waals surface area contributed by atoms with Gasteiger partial charge in [-0.15, -0.1) is 0 Å². The Morgan fingerprint density at radius 2 is 0.806 bits per heavy atom. The van der Waals surface area contributed by atoms with E-state index in [1.165, 1.54) is 212 Å². The van der Waals surface area contributed by atoms with Crippen LogP contribution in [0.1, 0.15) is 277 Å². The van der Waals surface area contributed by atoms with Crippen LogP contribution in [0.5, 0.6) is 0 Å². The molecule has 0 aliphatic carbocycles. The smallest absolute Gasteiger partial charge is 0.220 e. The van der Waals surface area contributed by atoms with Crippen molar-refractivity contribution in [1.29, 1.82) is 0 Å². The Labute approximate surface area is 383 Å². The van der Waals surface area contributed by atoms with Crippen LogP contribution in [0.2, 0.25) is 0 Å². The van der Waals surface area contributed by atoms with Gasteiger partial charge in [0.05, 0.1) is 25.4 Å². The Balaban J connectivity index is 2.20. The van der Waals surface area contributed by atoms with E-state index in [0.717, 1.165) is 38.5 Å². The number of aliphatic hydroxyl groups is 5. The molecule has 1 aliphatic rings. The number of unbranched alkanes of at least 4 members (excludes halogenated alkanes) is 37. The molecule has 7 atom stereocenters. The molecule has 6 N–H and O–H groups in total. The molecule has 1 heterocycles. The van der Waals surface area contributed by atoms with E-state index in [1.54, 1.807) is 0 Å². The van der Waals surface area contributed by atoms with E-state index in [9.17, 15) is 30.3 Å². The van der Waals surface area contributed by atoms with Crippen molar-refractivity contribution in [3.8, 4) is 0 Å². The molecule has 1 saturated heterocycles. The van der Waals surface area contributed by atoms with Crippen LogP contribution in [0, 0.1) is 0 Å². The zero-order chi connectivity index (χ0) is 45.1. The van der Waals surface area contributed by atoms with E-state index in [4.69, 9.17) is 9.47 Å². The number of hydrogen-bond donors (Lipinski definition) is 6. The Morgan fingerprint density at radius 1 is 0.484 bits per heavy atom. The van der Waals surface area contributed by atoms with Gasteiger partial charge in [-0.2, -0.15) is 0 Å². The molecule has 0 saturated carbocycles. The molecular weight excluding hydrogens is 779 g/mol. The van der Waals surface area contributed by atoms with E-state index in [0.29, 0.717) is 12.8 Å². The van der Waals surface area contributed by atoms with Crippen LogP contribution in [0.25, 0.3) is 0 Å². The lowest BCUT2D eigenvalue weighted by molar-refractivity contribution is -0.302. The predicted octanol–water partition coefficient (Wildman–Crippen LogP) is 12.7. The minimum atomic E-state index is -1.55. The molecule has 0 radical (unpaired) electrons. The van der Waals surface area contributed by atoms with Crippen LogP contribution >= 0.6 is 0 Å². The molecule has 1 fully saturated rings. The molecule has 0 bridgehead atoms. The van der Waals surface area contributed by atoms with Crippen molar-refractivity contribution >= 4 is 5.91 Å². The summed E-state index contributed by atoms with van der Waals surface area (Å²) in [5, 5.41) is 54.6. The normalized spacial score (nSPS) is 20.1. The number of hydrogen-bond acceptors (Lipinski definition) is 8. The molecule has 1 amide bonds. The lowest BCUT2D eigenvalue weighted by Gasteiger charge is -2.40. The highest BCUT2D eigenvalue weighted by Crippen LogP contribution is 2.23. The van der Waals surface area contributed by atoms with Crippen LogP contribution in [-0.4, -0.2) is 87.5 Å². The number of aliphatic hydroxyl groups excluding tert-OH is 5. The van der Waals surface area contributed by atoms with Crippen molar-refractivity contribution in [2.24, 2.45) is 0 Å². The molecule has 0 aromatic carbocycles. The van der Waals surface area contributed by atoms with Crippen LogP contribution < -0.4 is 5.32 Å². The molecule has 62 heavy (non-hydrogen) atoms. The summed E-state index contributed by atoms with van der Waals surface area (Å²) in [4.78, 5) is 13.0. The standard InChI is InChI=1S/C53H105NO8/c1-3-5-7-9-11-13-15-17-19-21-22-23-24-25-26-27-29-31-33-35-37-39-41-43-49(57)54-46(45-61-53-52(60)51(59)50(58)48(44-55)62-53)47(56)42-40-38-36-34-32-30-28-20-18-16-14-12-10-8-6-4-2/h46-48,50-53,55-56,58-60H,3-45H2,1-2H3,(H,54,57)/t46-,47+,48+,50+,51?,52?,53+/m0/s1. The second kappa shape index (κ2) is 44.0. The largest absolute Gasteiger partial charge is 0.394 e. The maximum atomic E-state index is 13.0. The van der Waals surface area contributed by atoms with E-state index >= 15 is 0 Å². The topological polar surface area (TPSA) is 149 Å². The second-order valence-electron chi connectivity index (χ2n) is 19.4. The van der Waals surface area contributed by atoms with Gasteiger partial charge in [0.15, 0.2) is 6.29 Å². The van der Waals surface area contributed by atoms with Gasteiger partial charge in [-0.1, -0.05) is 258 Å². The maximum Gasteiger partial charge on any atom is 0.220 e. The Morgan fingerprint density at radius 3 is 1.15 bits per heavy atom. The fourth-order valence-corrected chi connectivity index (χ4v) is 9.11. The first-order chi connectivity index (χ1) is 30.3. The van der Waals surface area contributed by atoms with Crippen molar-refractivity contribution < 1.29 is 39.8 Å². The van der Waals surface area contributed by atoms with E-state index in [-0.39, 0.29) is 12.5 Å². The zero-order valence-corrected chi connectivity index (χ0v) is 40.9. The molecule has 2 unspecified atom stereocenters. The first kappa shape index (κ1) is 59.2. The summed E-state index contributed by atoms with van der Waals surface area (Å²) in [6.45, 7) is 3.88. The highest BCUT2D eigenvalue weighted by molar-refractivity contribution is 5.76. The lowest BCUT2D eigenvalue weighted by atomic mass is 9.99. The van der Waals surface area contributed by atoms with Gasteiger partial charge in [0.2, 0.25) is 5.91 Å². The SMILES string of the molecule is CCCCCCCCCCCCCCCCCCCCCCCCCC(=O)N[C@@H](CO[C@@H]1O[C@H](CO)[C@@H](O)C(O)C1O)[C@H](O)CCCCCCCCCCCCCCCCCC. The first-order valence-corrected chi connectivity index (χ1v) is 27.2. The summed E-state index contributed by atoms with van der Waals surface area (Å²) < 4.78 is 11.3. The third kappa shape index (κ3) is 33.6. The van der Waals surface area contributed by atoms with Crippen molar-refractivity contribution in [1.82, 2.24) is 5.32 Å². The second-order valence-corrected chi connectivity index (χ2v) is 19.4. The molecule has 0 aromatic heterocycles. The van der Waals surface area contributed by atoms with Gasteiger partial charge in [-0.25, -0.2) is 0 Å². The summed E-state index contributed by atoms with van der Waals surface area (Å²) in [5.74, 6) is -0.137. The average molecular weight is 884 g/mol. The van der Waals surface area contributed by atoms with Crippen LogP contribution in [0.4, 0.5) is 0 Å². The summed E-state index contributed by atoms with van der Waals surface area (Å²) >= 11 is 0. The van der Waals surface area contributed by atoms with Gasteiger partial charge in [0.1, 0.15) is 24.4 Å². The minimum Gasteiger partial charge on any atom is -0.394 e. The van der Waals surface area contributed by atoms with Gasteiger partial charge in [0.25, 0.3) is 0 Å². The Hall–Kier alpha value is -0.810. The highest BCUT2D eigenvalue weighted by Gasteiger charge is 2.44. The van der Waals surface area contributed by atoms with Gasteiger partial charge in [0, 0.05) is 6.42 Å². The predicted molar refractivity (Wildman–Crippen MR) is 258 cm³/mol. The van der Waals surface area contributed by atoms with Crippen molar-refractivity contribution in [3.05, 3.63) is 0 Å². The number of nitrogens with one attached hydrogen (secondary N) is 1. The number of rotatable bonds is 47. The van der Waals surface area contributed by atoms with Gasteiger partial charge in [-0.05, 0) is 12.8 Å². The molecule has 0 aromatic rings. The summed E-state index contributed by atoms with van der Waals surface area (Å²) in [6.07, 6.45) is 44.1. The summed E-state index contributed by atoms with van der Waals surface area (Å²) in [6, 6.07) is -0.712. The maximum absolute atomic E-state index is 13.0. The molecular formula is C53H105NO8. The number of carbonyl (C=O) groups excluding carboxylic acids is 1. The number of carbonyl (C=O) groups is 1. The van der Waals surface area contributed by atoms with E-state index in [2.05, 4.69) is 19.2 Å². The molecule has 370 valence electrons. The van der Waals surface area contributed by atoms with Crippen LogP contribution in [0.3, 0.4) is 0 Å². The summed E-state index contributed by atoms with van der Waals surface area (Å²) in [7, 11) is 0. The number of amides is 1. The quantitative estimate of drug-likeness (QED) is 0.0331. The monoisotopic (exact) mass is 884 g/mol. The fourth-order valence-electron chi connectivity index (χ4n) is 9.11. The lowest BCUT2D eigenvalue weighted by Crippen LogP contribution is -2.60. The van der Waals surface area contributed by atoms with Crippen molar-refractivity contribution in [2.75, 3.05) is 13.2 Å². The van der Waals surface area contributed by atoms with Crippen LogP contribution in [-0.2, 0) is 14.3 Å². The van der Waals surface area contributed by atoms with Crippen LogP contribution in [0.15, 0.2) is 0 Å². The van der Waals surface area contributed by atoms with E-state index < -0.39 is 49.5 Å². The molecule has 0 spiro atoms. The van der Waals surface area contributed by atoms with Gasteiger partial charge >= 0.3 is 0 Å². The third-order valence-electron chi connectivity index (χ3n) is 13.5. The van der Waals surface area contributed by atoms with E-state index in [1.807, 2.05) is 0 Å².